The molecule has 0 unspecified atom stereocenters. The molecule has 0 aliphatic heterocycles. The van der Waals surface area contributed by atoms with Crippen molar-refractivity contribution in [3.63, 3.8) is 0 Å². The van der Waals surface area contributed by atoms with Crippen LogP contribution in [0.4, 0.5) is 0 Å². The van der Waals surface area contributed by atoms with Crippen molar-refractivity contribution in [2.24, 2.45) is 17.8 Å². The molecule has 2 bridgehead atoms. The standard InChI is InChI=1S/C24H30O3Si/c1-24(2,3)28(18-10-6-4-7-11-18,19-12-8-5-9-13-19)27-22-16-17-14-20(22)21(15-17)23(25)26/h4-13,17,20-22H,14-16H2,1-3H3,(H,25,26)/t17-,20+,21-,22-/m1/s1. The zero-order valence-electron chi connectivity index (χ0n) is 17.0. The Hall–Kier alpha value is -1.91. The Bertz CT molecular complexity index is 788. The average molecular weight is 395 g/mol. The summed E-state index contributed by atoms with van der Waals surface area (Å²) in [6.07, 6.45) is 2.85. The number of fused-ring (bicyclic) bond motifs is 2. The van der Waals surface area contributed by atoms with Gasteiger partial charge in [-0.2, -0.15) is 0 Å². The number of carboxylic acids is 1. The topological polar surface area (TPSA) is 46.5 Å². The van der Waals surface area contributed by atoms with E-state index in [0.29, 0.717) is 5.92 Å². The Balaban J connectivity index is 1.81. The molecule has 0 amide bonds. The Kier molecular flexibility index (Phi) is 4.96. The van der Waals surface area contributed by atoms with Gasteiger partial charge in [-0.3, -0.25) is 4.79 Å². The molecule has 2 aromatic carbocycles. The number of benzene rings is 2. The third kappa shape index (κ3) is 3.13. The lowest BCUT2D eigenvalue weighted by molar-refractivity contribution is -0.145. The molecule has 0 aromatic heterocycles. The van der Waals surface area contributed by atoms with Crippen molar-refractivity contribution in [2.75, 3.05) is 0 Å². The van der Waals surface area contributed by atoms with Gasteiger partial charge in [-0.25, -0.2) is 0 Å². The van der Waals surface area contributed by atoms with E-state index in [9.17, 15) is 9.90 Å². The third-order valence-corrected chi connectivity index (χ3v) is 11.9. The monoisotopic (exact) mass is 394 g/mol. The minimum atomic E-state index is -2.61. The SMILES string of the molecule is CC(C)(C)[Si](O[C@@H]1C[C@@H]2C[C@H]1[C@H](C(=O)O)C2)(c1ccccc1)c1ccccc1. The maximum Gasteiger partial charge on any atom is 0.306 e. The first-order valence-corrected chi connectivity index (χ1v) is 12.3. The fourth-order valence-corrected chi connectivity index (χ4v) is 10.4. The minimum absolute atomic E-state index is 0.0335. The zero-order valence-corrected chi connectivity index (χ0v) is 18.0. The molecule has 0 saturated heterocycles. The van der Waals surface area contributed by atoms with Crippen LogP contribution < -0.4 is 10.4 Å². The first-order chi connectivity index (χ1) is 13.3. The fourth-order valence-electron chi connectivity index (χ4n) is 5.62. The summed E-state index contributed by atoms with van der Waals surface area (Å²) in [7, 11) is -2.61. The lowest BCUT2D eigenvalue weighted by Gasteiger charge is -2.46. The van der Waals surface area contributed by atoms with E-state index in [0.717, 1.165) is 19.3 Å². The van der Waals surface area contributed by atoms with Crippen molar-refractivity contribution >= 4 is 24.7 Å². The van der Waals surface area contributed by atoms with Gasteiger partial charge < -0.3 is 9.53 Å². The third-order valence-electron chi connectivity index (χ3n) is 6.81. The van der Waals surface area contributed by atoms with Crippen molar-refractivity contribution in [3.05, 3.63) is 60.7 Å². The van der Waals surface area contributed by atoms with Gasteiger partial charge in [-0.15, -0.1) is 0 Å². The molecule has 1 N–H and O–H groups in total. The van der Waals surface area contributed by atoms with E-state index >= 15 is 0 Å². The molecule has 2 saturated carbocycles. The Morgan fingerprint density at radius 1 is 0.929 bits per heavy atom. The summed E-state index contributed by atoms with van der Waals surface area (Å²) in [5, 5.41) is 12.2. The van der Waals surface area contributed by atoms with Gasteiger partial charge in [0.2, 0.25) is 0 Å². The summed E-state index contributed by atoms with van der Waals surface area (Å²) in [6, 6.07) is 21.3. The molecule has 2 aliphatic carbocycles. The van der Waals surface area contributed by atoms with Crippen LogP contribution in [0, 0.1) is 17.8 Å². The Morgan fingerprint density at radius 3 is 1.89 bits per heavy atom. The van der Waals surface area contributed by atoms with Crippen LogP contribution in [0.2, 0.25) is 5.04 Å². The maximum atomic E-state index is 11.8. The number of hydrogen-bond acceptors (Lipinski definition) is 2. The number of carbonyl (C=O) groups is 1. The number of rotatable bonds is 5. The lowest BCUT2D eigenvalue weighted by Crippen LogP contribution is -2.68. The van der Waals surface area contributed by atoms with Crippen LogP contribution in [0.1, 0.15) is 40.0 Å². The van der Waals surface area contributed by atoms with Gasteiger partial charge in [0.15, 0.2) is 0 Å². The molecule has 0 heterocycles. The minimum Gasteiger partial charge on any atom is -0.481 e. The van der Waals surface area contributed by atoms with Crippen molar-refractivity contribution < 1.29 is 14.3 Å². The van der Waals surface area contributed by atoms with Crippen LogP contribution in [0.3, 0.4) is 0 Å². The van der Waals surface area contributed by atoms with E-state index in [-0.39, 0.29) is 23.0 Å². The molecule has 4 rings (SSSR count). The summed E-state index contributed by atoms with van der Waals surface area (Å²) in [5.41, 5.74) is 0. The van der Waals surface area contributed by atoms with E-state index in [1.54, 1.807) is 0 Å². The zero-order chi connectivity index (χ0) is 19.9. The summed E-state index contributed by atoms with van der Waals surface area (Å²) >= 11 is 0. The molecule has 2 aliphatic rings. The molecule has 4 atom stereocenters. The van der Waals surface area contributed by atoms with E-state index in [1.165, 1.54) is 10.4 Å². The van der Waals surface area contributed by atoms with E-state index < -0.39 is 14.3 Å². The van der Waals surface area contributed by atoms with Gasteiger partial charge in [0.25, 0.3) is 8.32 Å². The van der Waals surface area contributed by atoms with Crippen LogP contribution in [-0.4, -0.2) is 25.5 Å². The summed E-state index contributed by atoms with van der Waals surface area (Å²) in [5.74, 6) is -0.260. The van der Waals surface area contributed by atoms with Gasteiger partial charge in [0.05, 0.1) is 5.92 Å². The van der Waals surface area contributed by atoms with E-state index in [4.69, 9.17) is 4.43 Å². The smallest absolute Gasteiger partial charge is 0.306 e. The summed E-state index contributed by atoms with van der Waals surface area (Å²) < 4.78 is 7.23. The largest absolute Gasteiger partial charge is 0.481 e. The summed E-state index contributed by atoms with van der Waals surface area (Å²) in [6.45, 7) is 6.84. The normalized spacial score (nSPS) is 27.1. The van der Waals surface area contributed by atoms with Crippen LogP contribution >= 0.6 is 0 Å². The molecule has 2 fully saturated rings. The van der Waals surface area contributed by atoms with Crippen molar-refractivity contribution in [3.8, 4) is 0 Å². The molecule has 4 heteroatoms. The second-order valence-corrected chi connectivity index (χ2v) is 13.8. The van der Waals surface area contributed by atoms with Crippen molar-refractivity contribution in [2.45, 2.75) is 51.2 Å². The molecule has 0 radical (unpaired) electrons. The molecule has 2 aromatic rings. The van der Waals surface area contributed by atoms with E-state index in [1.807, 2.05) is 12.1 Å². The predicted octanol–water partition coefficient (Wildman–Crippen LogP) is 4.06. The van der Waals surface area contributed by atoms with Crippen molar-refractivity contribution in [1.82, 2.24) is 0 Å². The number of hydrogen-bond donors (Lipinski definition) is 1. The molecular weight excluding hydrogens is 364 g/mol. The summed E-state index contributed by atoms with van der Waals surface area (Å²) in [4.78, 5) is 11.8. The maximum absolute atomic E-state index is 11.8. The van der Waals surface area contributed by atoms with Crippen molar-refractivity contribution in [1.29, 1.82) is 0 Å². The number of aliphatic carboxylic acids is 1. The highest BCUT2D eigenvalue weighted by Gasteiger charge is 2.56. The van der Waals surface area contributed by atoms with Crippen LogP contribution in [0.15, 0.2) is 60.7 Å². The van der Waals surface area contributed by atoms with Gasteiger partial charge in [-0.1, -0.05) is 81.4 Å². The van der Waals surface area contributed by atoms with Gasteiger partial charge in [-0.05, 0) is 46.5 Å². The predicted molar refractivity (Wildman–Crippen MR) is 114 cm³/mol. The number of carboxylic acid groups (broad SMARTS) is 1. The molecule has 3 nitrogen and oxygen atoms in total. The van der Waals surface area contributed by atoms with Crippen LogP contribution in [-0.2, 0) is 9.22 Å². The Labute approximate surface area is 168 Å². The second kappa shape index (κ2) is 7.16. The first kappa shape index (κ1) is 19.4. The van der Waals surface area contributed by atoms with Gasteiger partial charge >= 0.3 is 5.97 Å². The molecule has 148 valence electrons. The fraction of sp³-hybridized carbons (Fsp3) is 0.458. The second-order valence-electron chi connectivity index (χ2n) is 9.50. The highest BCUT2D eigenvalue weighted by atomic mass is 28.4. The quantitative estimate of drug-likeness (QED) is 0.778. The first-order valence-electron chi connectivity index (χ1n) is 10.3. The average Bonchev–Trinajstić information content (AvgIpc) is 3.27. The molecule has 0 spiro atoms. The Morgan fingerprint density at radius 2 is 1.46 bits per heavy atom. The molecule has 28 heavy (non-hydrogen) atoms. The van der Waals surface area contributed by atoms with Crippen LogP contribution in [0.5, 0.6) is 0 Å². The lowest BCUT2D eigenvalue weighted by atomic mass is 9.87. The van der Waals surface area contributed by atoms with Gasteiger partial charge in [0.1, 0.15) is 0 Å². The van der Waals surface area contributed by atoms with E-state index in [2.05, 4.69) is 69.3 Å². The molecular formula is C24H30O3Si. The van der Waals surface area contributed by atoms with Crippen LogP contribution in [0.25, 0.3) is 0 Å². The van der Waals surface area contributed by atoms with Gasteiger partial charge in [0, 0.05) is 6.10 Å². The highest BCUT2D eigenvalue weighted by molar-refractivity contribution is 6.99. The highest BCUT2D eigenvalue weighted by Crippen LogP contribution is 2.51.